The summed E-state index contributed by atoms with van der Waals surface area (Å²) in [5.74, 6) is 0. The van der Waals surface area contributed by atoms with Crippen LogP contribution in [-0.2, 0) is 0 Å². The molecule has 0 fully saturated rings. The lowest BCUT2D eigenvalue weighted by Crippen LogP contribution is -2.12. The molecule has 0 spiro atoms. The van der Waals surface area contributed by atoms with Gasteiger partial charge in [0, 0.05) is 20.9 Å². The molecule has 0 bridgehead atoms. The zero-order valence-corrected chi connectivity index (χ0v) is 13.1. The van der Waals surface area contributed by atoms with Gasteiger partial charge in [-0.25, -0.2) is 0 Å². The average Bonchev–Trinajstić information content (AvgIpc) is 2.42. The molecule has 1 N–H and O–H groups in total. The fraction of sp³-hybridized carbons (Fsp3) is 0.200. The Morgan fingerprint density at radius 2 is 1.74 bits per heavy atom. The predicted octanol–water partition coefficient (Wildman–Crippen LogP) is 5.43. The van der Waals surface area contributed by atoms with Gasteiger partial charge in [0.2, 0.25) is 0 Å². The van der Waals surface area contributed by atoms with E-state index < -0.39 is 0 Å². The molecule has 1 unspecified atom stereocenters. The first-order chi connectivity index (χ1) is 9.10. The van der Waals surface area contributed by atoms with Crippen LogP contribution in [0.5, 0.6) is 0 Å². The molecule has 0 radical (unpaired) electrons. The highest BCUT2D eigenvalue weighted by Gasteiger charge is 2.07. The molecular formula is C15H15Cl2NS. The van der Waals surface area contributed by atoms with Crippen LogP contribution in [0.15, 0.2) is 52.3 Å². The molecule has 0 amide bonds. The maximum atomic E-state index is 6.34. The van der Waals surface area contributed by atoms with Crippen LogP contribution in [0, 0.1) is 0 Å². The van der Waals surface area contributed by atoms with Crippen molar-refractivity contribution in [2.24, 2.45) is 0 Å². The van der Waals surface area contributed by atoms with Crippen molar-refractivity contribution >= 4 is 35.0 Å². The highest BCUT2D eigenvalue weighted by atomic mass is 35.5. The smallest absolute Gasteiger partial charge is 0.0548 e. The quantitative estimate of drug-likeness (QED) is 0.808. The number of benzene rings is 2. The first-order valence-electron chi connectivity index (χ1n) is 6.00. The molecule has 2 rings (SSSR count). The topological polar surface area (TPSA) is 12.0 Å². The van der Waals surface area contributed by atoms with Crippen LogP contribution >= 0.6 is 35.0 Å². The average molecular weight is 312 g/mol. The second-order valence-electron chi connectivity index (χ2n) is 4.26. The Morgan fingerprint density at radius 1 is 1.05 bits per heavy atom. The van der Waals surface area contributed by atoms with E-state index in [1.807, 2.05) is 37.4 Å². The standard InChI is InChI=1S/C15H15Cl2NS/c1-10(18-2)11-3-8-15(14(17)9-11)19-13-6-4-12(16)5-7-13/h3-10,18H,1-2H3. The molecule has 19 heavy (non-hydrogen) atoms. The molecule has 0 aliphatic heterocycles. The Balaban J connectivity index is 2.19. The van der Waals surface area contributed by atoms with Gasteiger partial charge in [-0.3, -0.25) is 0 Å². The summed E-state index contributed by atoms with van der Waals surface area (Å²) in [6.45, 7) is 2.11. The Morgan fingerprint density at radius 3 is 2.32 bits per heavy atom. The summed E-state index contributed by atoms with van der Waals surface area (Å²) in [4.78, 5) is 2.18. The van der Waals surface area contributed by atoms with Gasteiger partial charge in [0.1, 0.15) is 0 Å². The summed E-state index contributed by atoms with van der Waals surface area (Å²) in [5.41, 5.74) is 1.19. The minimum absolute atomic E-state index is 0.298. The third kappa shape index (κ3) is 3.90. The maximum absolute atomic E-state index is 6.34. The Hall–Kier alpha value is -0.670. The van der Waals surface area contributed by atoms with Crippen LogP contribution < -0.4 is 5.32 Å². The molecule has 0 heterocycles. The van der Waals surface area contributed by atoms with E-state index in [1.54, 1.807) is 11.8 Å². The number of halogens is 2. The largest absolute Gasteiger partial charge is 0.313 e. The van der Waals surface area contributed by atoms with Gasteiger partial charge in [0.25, 0.3) is 0 Å². The summed E-state index contributed by atoms with van der Waals surface area (Å²) in [7, 11) is 1.94. The number of hydrogen-bond acceptors (Lipinski definition) is 2. The maximum Gasteiger partial charge on any atom is 0.0548 e. The van der Waals surface area contributed by atoms with Crippen molar-refractivity contribution in [3.63, 3.8) is 0 Å². The summed E-state index contributed by atoms with van der Waals surface area (Å²) < 4.78 is 0. The van der Waals surface area contributed by atoms with Gasteiger partial charge >= 0.3 is 0 Å². The van der Waals surface area contributed by atoms with Crippen molar-refractivity contribution in [3.05, 3.63) is 58.1 Å². The third-order valence-electron chi connectivity index (χ3n) is 2.93. The Bertz CT molecular complexity index is 555. The second kappa shape index (κ2) is 6.67. The normalized spacial score (nSPS) is 12.4. The Labute approximate surface area is 128 Å². The molecule has 100 valence electrons. The van der Waals surface area contributed by atoms with Gasteiger partial charge in [0.05, 0.1) is 5.02 Å². The molecule has 0 aliphatic carbocycles. The fourth-order valence-corrected chi connectivity index (χ4v) is 2.91. The molecule has 4 heteroatoms. The molecule has 1 atom stereocenters. The second-order valence-corrected chi connectivity index (χ2v) is 6.22. The molecule has 0 aliphatic rings. The van der Waals surface area contributed by atoms with Gasteiger partial charge in [-0.15, -0.1) is 0 Å². The van der Waals surface area contributed by atoms with Crippen LogP contribution in [0.3, 0.4) is 0 Å². The van der Waals surface area contributed by atoms with Crippen LogP contribution in [-0.4, -0.2) is 7.05 Å². The van der Waals surface area contributed by atoms with E-state index in [0.717, 1.165) is 19.8 Å². The number of rotatable bonds is 4. The monoisotopic (exact) mass is 311 g/mol. The number of hydrogen-bond donors (Lipinski definition) is 1. The Kier molecular flexibility index (Phi) is 5.17. The van der Waals surface area contributed by atoms with Crippen molar-refractivity contribution in [2.75, 3.05) is 7.05 Å². The van der Waals surface area contributed by atoms with Crippen molar-refractivity contribution in [3.8, 4) is 0 Å². The van der Waals surface area contributed by atoms with E-state index in [4.69, 9.17) is 23.2 Å². The SMILES string of the molecule is CNC(C)c1ccc(Sc2ccc(Cl)cc2)c(Cl)c1. The van der Waals surface area contributed by atoms with E-state index in [0.29, 0.717) is 6.04 Å². The zero-order chi connectivity index (χ0) is 13.8. The molecule has 2 aromatic rings. The summed E-state index contributed by atoms with van der Waals surface area (Å²) in [5, 5.41) is 4.73. The lowest BCUT2D eigenvalue weighted by atomic mass is 10.1. The van der Waals surface area contributed by atoms with Gasteiger partial charge in [0.15, 0.2) is 0 Å². The van der Waals surface area contributed by atoms with Gasteiger partial charge < -0.3 is 5.32 Å². The van der Waals surface area contributed by atoms with E-state index in [9.17, 15) is 0 Å². The molecule has 1 nitrogen and oxygen atoms in total. The molecule has 0 aromatic heterocycles. The van der Waals surface area contributed by atoms with E-state index >= 15 is 0 Å². The number of nitrogens with one attached hydrogen (secondary N) is 1. The molecule has 0 saturated carbocycles. The van der Waals surface area contributed by atoms with Gasteiger partial charge in [-0.05, 0) is 55.9 Å². The molecule has 0 saturated heterocycles. The van der Waals surface area contributed by atoms with Crippen LogP contribution in [0.4, 0.5) is 0 Å². The minimum Gasteiger partial charge on any atom is -0.313 e. The van der Waals surface area contributed by atoms with Crippen molar-refractivity contribution in [1.29, 1.82) is 0 Å². The van der Waals surface area contributed by atoms with E-state index in [1.165, 1.54) is 5.56 Å². The van der Waals surface area contributed by atoms with Crippen LogP contribution in [0.1, 0.15) is 18.5 Å². The fourth-order valence-electron chi connectivity index (χ4n) is 1.67. The predicted molar refractivity (Wildman–Crippen MR) is 84.5 cm³/mol. The summed E-state index contributed by atoms with van der Waals surface area (Å²) in [6.07, 6.45) is 0. The van der Waals surface area contributed by atoms with Crippen LogP contribution in [0.2, 0.25) is 10.0 Å². The summed E-state index contributed by atoms with van der Waals surface area (Å²) >= 11 is 13.9. The first kappa shape index (κ1) is 14.7. The molecule has 2 aromatic carbocycles. The van der Waals surface area contributed by atoms with Crippen LogP contribution in [0.25, 0.3) is 0 Å². The lowest BCUT2D eigenvalue weighted by molar-refractivity contribution is 0.652. The highest BCUT2D eigenvalue weighted by Crippen LogP contribution is 2.35. The van der Waals surface area contributed by atoms with E-state index in [-0.39, 0.29) is 0 Å². The van der Waals surface area contributed by atoms with Gasteiger partial charge in [-0.1, -0.05) is 41.0 Å². The van der Waals surface area contributed by atoms with Crippen molar-refractivity contribution in [2.45, 2.75) is 22.8 Å². The highest BCUT2D eigenvalue weighted by molar-refractivity contribution is 7.99. The lowest BCUT2D eigenvalue weighted by Gasteiger charge is -2.12. The third-order valence-corrected chi connectivity index (χ3v) is 4.69. The molecular weight excluding hydrogens is 297 g/mol. The van der Waals surface area contributed by atoms with Crippen molar-refractivity contribution < 1.29 is 0 Å². The van der Waals surface area contributed by atoms with Gasteiger partial charge in [-0.2, -0.15) is 0 Å². The minimum atomic E-state index is 0.298. The van der Waals surface area contributed by atoms with E-state index in [2.05, 4.69) is 24.4 Å². The zero-order valence-electron chi connectivity index (χ0n) is 10.8. The first-order valence-corrected chi connectivity index (χ1v) is 7.57. The van der Waals surface area contributed by atoms with Crippen molar-refractivity contribution in [1.82, 2.24) is 5.32 Å². The summed E-state index contributed by atoms with van der Waals surface area (Å²) in [6, 6.07) is 14.2.